The predicted octanol–water partition coefficient (Wildman–Crippen LogP) is 3.51. The van der Waals surface area contributed by atoms with Gasteiger partial charge in [-0.2, -0.15) is 0 Å². The highest BCUT2D eigenvalue weighted by atomic mass is 19.1. The van der Waals surface area contributed by atoms with Crippen LogP contribution in [0.25, 0.3) is 10.9 Å². The summed E-state index contributed by atoms with van der Waals surface area (Å²) in [5.41, 5.74) is 1.17. The molecule has 1 aromatic heterocycles. The van der Waals surface area contributed by atoms with Gasteiger partial charge in [-0.15, -0.1) is 0 Å². The van der Waals surface area contributed by atoms with E-state index in [1.54, 1.807) is 6.07 Å². The van der Waals surface area contributed by atoms with Crippen molar-refractivity contribution in [2.24, 2.45) is 0 Å². The van der Waals surface area contributed by atoms with Crippen LogP contribution in [-0.4, -0.2) is 11.5 Å². The third-order valence-electron chi connectivity index (χ3n) is 2.64. The topological polar surface area (TPSA) is 24.9 Å². The van der Waals surface area contributed by atoms with Crippen molar-refractivity contribution in [1.82, 2.24) is 4.98 Å². The second kappa shape index (κ2) is 4.65. The molecule has 0 amide bonds. The molecule has 0 fully saturated rings. The number of aryl methyl sites for hydroxylation is 1. The molecule has 0 bridgehead atoms. The number of rotatable bonds is 3. The van der Waals surface area contributed by atoms with Gasteiger partial charge in [0.15, 0.2) is 5.82 Å². The van der Waals surface area contributed by atoms with E-state index in [-0.39, 0.29) is 5.52 Å². The van der Waals surface area contributed by atoms with Gasteiger partial charge in [-0.25, -0.2) is 13.8 Å². The summed E-state index contributed by atoms with van der Waals surface area (Å²) in [6, 6.07) is 3.95. The Bertz CT molecular complexity index is 553. The Labute approximate surface area is 98.7 Å². The first kappa shape index (κ1) is 11.8. The fraction of sp³-hybridized carbons (Fsp3) is 0.308. The number of aromatic nitrogens is 1. The van der Waals surface area contributed by atoms with Crippen molar-refractivity contribution in [2.45, 2.75) is 20.3 Å². The molecule has 0 atom stereocenters. The van der Waals surface area contributed by atoms with Crippen molar-refractivity contribution in [3.63, 3.8) is 0 Å². The Balaban J connectivity index is 2.69. The molecule has 1 heterocycles. The number of halogens is 2. The van der Waals surface area contributed by atoms with Gasteiger partial charge in [-0.05, 0) is 31.0 Å². The molecule has 0 aliphatic heterocycles. The molecule has 2 aromatic rings. The minimum atomic E-state index is -0.623. The predicted molar refractivity (Wildman–Crippen MR) is 65.2 cm³/mol. The SMILES string of the molecule is CCNc1nc2c(F)cc(F)cc2cc1CC. The number of pyridine rings is 1. The standard InChI is InChI=1S/C13H14F2N2/c1-3-8-5-9-6-10(14)7-11(15)12(9)17-13(8)16-4-2/h5-7H,3-4H2,1-2H3,(H,16,17). The minimum absolute atomic E-state index is 0.208. The number of benzene rings is 1. The van der Waals surface area contributed by atoms with Crippen molar-refractivity contribution >= 4 is 16.7 Å². The van der Waals surface area contributed by atoms with Crippen LogP contribution in [0.15, 0.2) is 18.2 Å². The number of nitrogens with zero attached hydrogens (tertiary/aromatic N) is 1. The smallest absolute Gasteiger partial charge is 0.152 e. The molecule has 17 heavy (non-hydrogen) atoms. The summed E-state index contributed by atoms with van der Waals surface area (Å²) in [6.07, 6.45) is 0.767. The van der Waals surface area contributed by atoms with Crippen LogP contribution in [0, 0.1) is 11.6 Å². The fourth-order valence-corrected chi connectivity index (χ4v) is 1.84. The van der Waals surface area contributed by atoms with E-state index in [0.29, 0.717) is 17.7 Å². The van der Waals surface area contributed by atoms with E-state index < -0.39 is 11.6 Å². The number of hydrogen-bond acceptors (Lipinski definition) is 2. The van der Waals surface area contributed by atoms with Gasteiger partial charge in [0.2, 0.25) is 0 Å². The number of anilines is 1. The van der Waals surface area contributed by atoms with E-state index in [1.165, 1.54) is 6.07 Å². The van der Waals surface area contributed by atoms with E-state index in [4.69, 9.17) is 0 Å². The summed E-state index contributed by atoms with van der Waals surface area (Å²) in [4.78, 5) is 4.22. The summed E-state index contributed by atoms with van der Waals surface area (Å²) in [6.45, 7) is 4.65. The van der Waals surface area contributed by atoms with Crippen molar-refractivity contribution in [3.05, 3.63) is 35.4 Å². The monoisotopic (exact) mass is 236 g/mol. The van der Waals surface area contributed by atoms with Crippen LogP contribution in [0.4, 0.5) is 14.6 Å². The molecular formula is C13H14F2N2. The first-order valence-electron chi connectivity index (χ1n) is 5.68. The summed E-state index contributed by atoms with van der Waals surface area (Å²) in [5, 5.41) is 3.59. The molecule has 0 unspecified atom stereocenters. The van der Waals surface area contributed by atoms with Crippen LogP contribution in [-0.2, 0) is 6.42 Å². The highest BCUT2D eigenvalue weighted by Gasteiger charge is 2.10. The lowest BCUT2D eigenvalue weighted by molar-refractivity contribution is 0.590. The van der Waals surface area contributed by atoms with Crippen LogP contribution in [0.5, 0.6) is 0 Å². The number of nitrogens with one attached hydrogen (secondary N) is 1. The van der Waals surface area contributed by atoms with Gasteiger partial charge in [0.05, 0.1) is 0 Å². The summed E-state index contributed by atoms with van der Waals surface area (Å²) < 4.78 is 26.7. The Kier molecular flexibility index (Phi) is 3.22. The van der Waals surface area contributed by atoms with Crippen molar-refractivity contribution in [2.75, 3.05) is 11.9 Å². The molecule has 0 aliphatic rings. The Morgan fingerprint density at radius 1 is 1.18 bits per heavy atom. The minimum Gasteiger partial charge on any atom is -0.370 e. The van der Waals surface area contributed by atoms with E-state index in [1.807, 2.05) is 13.8 Å². The summed E-state index contributed by atoms with van der Waals surface area (Å²) >= 11 is 0. The van der Waals surface area contributed by atoms with Crippen molar-refractivity contribution < 1.29 is 8.78 Å². The Morgan fingerprint density at radius 3 is 2.59 bits per heavy atom. The van der Waals surface area contributed by atoms with Gasteiger partial charge in [0.1, 0.15) is 17.2 Å². The zero-order valence-electron chi connectivity index (χ0n) is 9.85. The fourth-order valence-electron chi connectivity index (χ4n) is 1.84. The maximum Gasteiger partial charge on any atom is 0.152 e. The molecule has 4 heteroatoms. The second-order valence-electron chi connectivity index (χ2n) is 3.84. The molecule has 0 spiro atoms. The highest BCUT2D eigenvalue weighted by molar-refractivity contribution is 5.82. The molecule has 2 nitrogen and oxygen atoms in total. The molecule has 1 N–H and O–H groups in total. The third-order valence-corrected chi connectivity index (χ3v) is 2.64. The molecule has 90 valence electrons. The molecule has 0 saturated heterocycles. The van der Waals surface area contributed by atoms with Gasteiger partial charge in [-0.3, -0.25) is 0 Å². The lowest BCUT2D eigenvalue weighted by Gasteiger charge is -2.10. The zero-order valence-corrected chi connectivity index (χ0v) is 9.85. The molecular weight excluding hydrogens is 222 g/mol. The second-order valence-corrected chi connectivity index (χ2v) is 3.84. The Morgan fingerprint density at radius 2 is 1.94 bits per heavy atom. The lowest BCUT2D eigenvalue weighted by atomic mass is 10.1. The average Bonchev–Trinajstić information content (AvgIpc) is 2.29. The maximum atomic E-state index is 13.6. The summed E-state index contributed by atoms with van der Waals surface area (Å²) in [5.74, 6) is -0.523. The van der Waals surface area contributed by atoms with Crippen LogP contribution < -0.4 is 5.32 Å². The van der Waals surface area contributed by atoms with Gasteiger partial charge in [-0.1, -0.05) is 6.92 Å². The number of hydrogen-bond donors (Lipinski definition) is 1. The van der Waals surface area contributed by atoms with Crippen molar-refractivity contribution in [3.8, 4) is 0 Å². The van der Waals surface area contributed by atoms with E-state index in [2.05, 4.69) is 10.3 Å². The van der Waals surface area contributed by atoms with Crippen LogP contribution >= 0.6 is 0 Å². The molecule has 2 rings (SSSR count). The van der Waals surface area contributed by atoms with E-state index in [0.717, 1.165) is 18.1 Å². The quantitative estimate of drug-likeness (QED) is 0.882. The molecule has 1 aromatic carbocycles. The Hall–Kier alpha value is -1.71. The van der Waals surface area contributed by atoms with Crippen LogP contribution in [0.1, 0.15) is 19.4 Å². The molecule has 0 radical (unpaired) electrons. The average molecular weight is 236 g/mol. The zero-order chi connectivity index (χ0) is 12.4. The van der Waals surface area contributed by atoms with Crippen LogP contribution in [0.3, 0.4) is 0 Å². The van der Waals surface area contributed by atoms with Crippen LogP contribution in [0.2, 0.25) is 0 Å². The first-order valence-corrected chi connectivity index (χ1v) is 5.68. The van der Waals surface area contributed by atoms with Gasteiger partial charge in [0.25, 0.3) is 0 Å². The first-order chi connectivity index (χ1) is 8.15. The van der Waals surface area contributed by atoms with Gasteiger partial charge < -0.3 is 5.32 Å². The number of fused-ring (bicyclic) bond motifs is 1. The molecule has 0 aliphatic carbocycles. The lowest BCUT2D eigenvalue weighted by Crippen LogP contribution is -2.04. The largest absolute Gasteiger partial charge is 0.370 e. The maximum absolute atomic E-state index is 13.6. The van der Waals surface area contributed by atoms with Crippen molar-refractivity contribution in [1.29, 1.82) is 0 Å². The highest BCUT2D eigenvalue weighted by Crippen LogP contribution is 2.24. The normalized spacial score (nSPS) is 10.8. The van der Waals surface area contributed by atoms with Gasteiger partial charge in [0, 0.05) is 18.0 Å². The van der Waals surface area contributed by atoms with E-state index in [9.17, 15) is 8.78 Å². The van der Waals surface area contributed by atoms with Gasteiger partial charge >= 0.3 is 0 Å². The van der Waals surface area contributed by atoms with E-state index >= 15 is 0 Å². The third kappa shape index (κ3) is 2.20. The summed E-state index contributed by atoms with van der Waals surface area (Å²) in [7, 11) is 0. The molecule has 0 saturated carbocycles.